The van der Waals surface area contributed by atoms with Gasteiger partial charge in [0.25, 0.3) is 0 Å². The number of nitrogens with zero attached hydrogens (tertiary/aromatic N) is 1. The van der Waals surface area contributed by atoms with Crippen LogP contribution in [-0.4, -0.2) is 31.1 Å². The first kappa shape index (κ1) is 17.3. The molecule has 0 aromatic heterocycles. The molecule has 1 saturated heterocycles. The molecule has 0 bridgehead atoms. The van der Waals surface area contributed by atoms with Crippen molar-refractivity contribution < 1.29 is 9.53 Å². The van der Waals surface area contributed by atoms with Crippen LogP contribution < -0.4 is 0 Å². The Balaban J connectivity index is 1.47. The summed E-state index contributed by atoms with van der Waals surface area (Å²) in [6.07, 6.45) is 4.70. The van der Waals surface area contributed by atoms with E-state index in [1.54, 1.807) is 0 Å². The normalized spacial score (nSPS) is 22.4. The molecule has 3 nitrogen and oxygen atoms in total. The topological polar surface area (TPSA) is 29.5 Å². The van der Waals surface area contributed by atoms with Gasteiger partial charge in [-0.1, -0.05) is 35.9 Å². The lowest BCUT2D eigenvalue weighted by Gasteiger charge is -2.35. The largest absolute Gasteiger partial charge is 0.465 e. The van der Waals surface area contributed by atoms with Gasteiger partial charge in [-0.2, -0.15) is 0 Å². The van der Waals surface area contributed by atoms with E-state index in [0.717, 1.165) is 25.9 Å². The molecular weight excluding hydrogens is 322 g/mol. The molecule has 0 N–H and O–H groups in total. The molecule has 1 heterocycles. The van der Waals surface area contributed by atoms with Crippen LogP contribution in [0.2, 0.25) is 0 Å². The Bertz CT molecular complexity index is 811. The quantitative estimate of drug-likeness (QED) is 0.779. The monoisotopic (exact) mass is 349 g/mol. The third kappa shape index (κ3) is 3.41. The van der Waals surface area contributed by atoms with E-state index in [0.29, 0.717) is 11.0 Å². The summed E-state index contributed by atoms with van der Waals surface area (Å²) < 4.78 is 4.89. The van der Waals surface area contributed by atoms with Gasteiger partial charge in [-0.15, -0.1) is 0 Å². The zero-order chi connectivity index (χ0) is 18.1. The predicted molar refractivity (Wildman–Crippen MR) is 103 cm³/mol. The molecule has 3 heteroatoms. The summed E-state index contributed by atoms with van der Waals surface area (Å²) in [7, 11) is 1.45. The fourth-order valence-corrected chi connectivity index (χ4v) is 4.63. The number of benzene rings is 2. The van der Waals surface area contributed by atoms with Crippen LogP contribution in [0.4, 0.5) is 0 Å². The van der Waals surface area contributed by atoms with Crippen molar-refractivity contribution in [2.45, 2.75) is 39.2 Å². The highest BCUT2D eigenvalue weighted by atomic mass is 16.5. The second-order valence-electron chi connectivity index (χ2n) is 8.10. The van der Waals surface area contributed by atoms with Gasteiger partial charge < -0.3 is 4.74 Å². The molecule has 0 saturated carbocycles. The van der Waals surface area contributed by atoms with Crippen LogP contribution in [0.3, 0.4) is 0 Å². The summed E-state index contributed by atoms with van der Waals surface area (Å²) in [5.41, 5.74) is 6.51. The number of esters is 1. The fraction of sp³-hybridized carbons (Fsp3) is 0.435. The van der Waals surface area contributed by atoms with Crippen LogP contribution in [0.15, 0.2) is 42.5 Å². The van der Waals surface area contributed by atoms with Crippen LogP contribution in [0.1, 0.15) is 45.5 Å². The van der Waals surface area contributed by atoms with Gasteiger partial charge in [0.2, 0.25) is 0 Å². The van der Waals surface area contributed by atoms with E-state index in [2.05, 4.69) is 48.2 Å². The number of carbonyl (C=O) groups is 1. The molecule has 1 fully saturated rings. The van der Waals surface area contributed by atoms with E-state index >= 15 is 0 Å². The molecule has 0 radical (unpaired) electrons. The van der Waals surface area contributed by atoms with Gasteiger partial charge in [-0.05, 0) is 73.4 Å². The van der Waals surface area contributed by atoms with Crippen LogP contribution in [0.25, 0.3) is 0 Å². The number of hydrogen-bond donors (Lipinski definition) is 0. The van der Waals surface area contributed by atoms with E-state index in [9.17, 15) is 4.79 Å². The number of ether oxygens (including phenoxy) is 1. The molecule has 2 aromatic carbocycles. The molecule has 4 rings (SSSR count). The summed E-state index contributed by atoms with van der Waals surface area (Å²) in [4.78, 5) is 14.5. The van der Waals surface area contributed by atoms with Crippen molar-refractivity contribution in [3.05, 3.63) is 70.3 Å². The Morgan fingerprint density at radius 2 is 1.92 bits per heavy atom. The van der Waals surface area contributed by atoms with Crippen molar-refractivity contribution in [1.82, 2.24) is 4.90 Å². The minimum atomic E-state index is -0.236. The molecular formula is C23H27NO2. The Hall–Kier alpha value is -2.13. The Kier molecular flexibility index (Phi) is 4.58. The minimum absolute atomic E-state index is 0.236. The van der Waals surface area contributed by atoms with Crippen molar-refractivity contribution in [3.63, 3.8) is 0 Å². The van der Waals surface area contributed by atoms with Crippen molar-refractivity contribution in [2.24, 2.45) is 5.41 Å². The van der Waals surface area contributed by atoms with E-state index in [1.165, 1.54) is 48.8 Å². The maximum absolute atomic E-state index is 11.9. The highest BCUT2D eigenvalue weighted by Crippen LogP contribution is 2.43. The van der Waals surface area contributed by atoms with E-state index in [4.69, 9.17) is 4.74 Å². The zero-order valence-corrected chi connectivity index (χ0v) is 15.8. The first-order chi connectivity index (χ1) is 12.6. The average Bonchev–Trinajstić information content (AvgIpc) is 3.04. The van der Waals surface area contributed by atoms with Gasteiger partial charge >= 0.3 is 5.97 Å². The SMILES string of the molecule is COC(=O)c1ccc2c(c1)CC1(CC2)CCN(Cc2ccc(C)cc2)C1. The third-order valence-corrected chi connectivity index (χ3v) is 6.16. The second kappa shape index (κ2) is 6.88. The first-order valence-corrected chi connectivity index (χ1v) is 9.55. The molecule has 1 spiro atoms. The first-order valence-electron chi connectivity index (χ1n) is 9.55. The molecule has 1 unspecified atom stereocenters. The summed E-state index contributed by atoms with van der Waals surface area (Å²) in [5.74, 6) is -0.236. The molecule has 2 aromatic rings. The van der Waals surface area contributed by atoms with E-state index < -0.39 is 0 Å². The molecule has 136 valence electrons. The van der Waals surface area contributed by atoms with Crippen molar-refractivity contribution in [1.29, 1.82) is 0 Å². The van der Waals surface area contributed by atoms with E-state index in [1.807, 2.05) is 6.07 Å². The molecule has 26 heavy (non-hydrogen) atoms. The lowest BCUT2D eigenvalue weighted by atomic mass is 9.71. The summed E-state index contributed by atoms with van der Waals surface area (Å²) in [6, 6.07) is 15.0. The summed E-state index contributed by atoms with van der Waals surface area (Å²) >= 11 is 0. The fourth-order valence-electron chi connectivity index (χ4n) is 4.63. The molecule has 2 aliphatic rings. The summed E-state index contributed by atoms with van der Waals surface area (Å²) in [6.45, 7) is 5.50. The van der Waals surface area contributed by atoms with Gasteiger partial charge in [-0.25, -0.2) is 4.79 Å². The summed E-state index contributed by atoms with van der Waals surface area (Å²) in [5, 5.41) is 0. The minimum Gasteiger partial charge on any atom is -0.465 e. The van der Waals surface area contributed by atoms with Crippen LogP contribution >= 0.6 is 0 Å². The van der Waals surface area contributed by atoms with Gasteiger partial charge in [-0.3, -0.25) is 4.90 Å². The standard InChI is InChI=1S/C23H27NO2/c1-17-3-5-18(6-4-17)15-24-12-11-23(16-24)10-9-19-7-8-20(22(25)26-2)13-21(19)14-23/h3-8,13H,9-12,14-16H2,1-2H3. The lowest BCUT2D eigenvalue weighted by molar-refractivity contribution is 0.0600. The molecule has 1 aliphatic carbocycles. The highest BCUT2D eigenvalue weighted by Gasteiger charge is 2.40. The van der Waals surface area contributed by atoms with Crippen molar-refractivity contribution in [2.75, 3.05) is 20.2 Å². The number of methoxy groups -OCH3 is 1. The number of carbonyl (C=O) groups excluding carboxylic acids is 1. The number of hydrogen-bond acceptors (Lipinski definition) is 3. The van der Waals surface area contributed by atoms with Crippen molar-refractivity contribution >= 4 is 5.97 Å². The Morgan fingerprint density at radius 3 is 2.69 bits per heavy atom. The molecule has 1 aliphatic heterocycles. The molecule has 1 atom stereocenters. The van der Waals surface area contributed by atoms with Crippen molar-refractivity contribution in [3.8, 4) is 0 Å². The number of rotatable bonds is 3. The van der Waals surface area contributed by atoms with Gasteiger partial charge in [0.05, 0.1) is 12.7 Å². The highest BCUT2D eigenvalue weighted by molar-refractivity contribution is 5.89. The average molecular weight is 349 g/mol. The van der Waals surface area contributed by atoms with Gasteiger partial charge in [0.1, 0.15) is 0 Å². The maximum Gasteiger partial charge on any atom is 0.337 e. The molecule has 0 amide bonds. The number of aryl methyl sites for hydroxylation is 2. The second-order valence-corrected chi connectivity index (χ2v) is 8.10. The zero-order valence-electron chi connectivity index (χ0n) is 15.8. The van der Waals surface area contributed by atoms with Gasteiger partial charge in [0.15, 0.2) is 0 Å². The smallest absolute Gasteiger partial charge is 0.337 e. The Morgan fingerprint density at radius 1 is 1.12 bits per heavy atom. The third-order valence-electron chi connectivity index (χ3n) is 6.16. The van der Waals surface area contributed by atoms with Gasteiger partial charge in [0, 0.05) is 13.1 Å². The van der Waals surface area contributed by atoms with Crippen LogP contribution in [0, 0.1) is 12.3 Å². The number of fused-ring (bicyclic) bond motifs is 1. The Labute approximate surface area is 156 Å². The predicted octanol–water partition coefficient (Wildman–Crippen LogP) is 4.16. The van der Waals surface area contributed by atoms with Crippen LogP contribution in [0.5, 0.6) is 0 Å². The maximum atomic E-state index is 11.9. The van der Waals surface area contributed by atoms with E-state index in [-0.39, 0.29) is 5.97 Å². The lowest BCUT2D eigenvalue weighted by Crippen LogP contribution is -2.32. The van der Waals surface area contributed by atoms with Crippen LogP contribution in [-0.2, 0) is 24.1 Å². The number of likely N-dealkylation sites (tertiary alicyclic amines) is 1.